The Bertz CT molecular complexity index is 268. The van der Waals surface area contributed by atoms with Crippen molar-refractivity contribution >= 4 is 34.2 Å². The smallest absolute Gasteiger partial charge is 0.163 e. The Hall–Kier alpha value is -0.850. The molecule has 0 aromatic rings. The van der Waals surface area contributed by atoms with Gasteiger partial charge >= 0.3 is 0 Å². The maximum absolute atomic E-state index is 10.9. The van der Waals surface area contributed by atoms with Crippen LogP contribution < -0.4 is 11.5 Å². The van der Waals surface area contributed by atoms with Crippen LogP contribution in [0.15, 0.2) is 27.0 Å². The van der Waals surface area contributed by atoms with Crippen LogP contribution >= 0.6 is 22.6 Å². The Balaban J connectivity index is 4.78. The number of rotatable bonds is 3. The molecule has 0 saturated heterocycles. The third-order valence-electron chi connectivity index (χ3n) is 1.03. The summed E-state index contributed by atoms with van der Waals surface area (Å²) in [6.07, 6.45) is 0. The molecule has 0 rings (SSSR count). The summed E-state index contributed by atoms with van der Waals surface area (Å²) in [6, 6.07) is 0. The largest absolute Gasteiger partial charge is 0.384 e. The third kappa shape index (κ3) is 3.51. The molecule has 0 unspecified atom stereocenters. The summed E-state index contributed by atoms with van der Waals surface area (Å²) in [6.45, 7) is 4.75. The quantitative estimate of drug-likeness (QED) is 0.345. The summed E-state index contributed by atoms with van der Waals surface area (Å²) < 4.78 is 1.56. The molecule has 66 valence electrons. The van der Waals surface area contributed by atoms with E-state index in [-0.39, 0.29) is 17.4 Å². The molecule has 0 fully saturated rings. The first kappa shape index (κ1) is 11.2. The van der Waals surface area contributed by atoms with E-state index >= 15 is 0 Å². The van der Waals surface area contributed by atoms with Gasteiger partial charge in [-0.3, -0.25) is 4.79 Å². The van der Waals surface area contributed by atoms with Gasteiger partial charge in [0.05, 0.1) is 5.57 Å². The summed E-state index contributed by atoms with van der Waals surface area (Å²) in [5, 5.41) is 0. The lowest BCUT2D eigenvalue weighted by Crippen LogP contribution is -2.20. The number of carbonyl (C=O) groups excluding carboxylic acids is 1. The summed E-state index contributed by atoms with van der Waals surface area (Å²) in [4.78, 5) is 14.5. The zero-order valence-corrected chi connectivity index (χ0v) is 8.83. The maximum atomic E-state index is 10.9. The molecular formula is C7H10IN3O. The molecule has 0 spiro atoms. The molecule has 0 amide bonds. The van der Waals surface area contributed by atoms with E-state index in [9.17, 15) is 4.79 Å². The van der Waals surface area contributed by atoms with Gasteiger partial charge in [0.2, 0.25) is 0 Å². The highest BCUT2D eigenvalue weighted by molar-refractivity contribution is 14.1. The van der Waals surface area contributed by atoms with Gasteiger partial charge in [-0.15, -0.1) is 0 Å². The molecular weight excluding hydrogens is 269 g/mol. The molecule has 0 aliphatic rings. The Morgan fingerprint density at radius 3 is 2.33 bits per heavy atom. The molecule has 4 nitrogen and oxygen atoms in total. The topological polar surface area (TPSA) is 81.5 Å². The minimum atomic E-state index is -0.146. The van der Waals surface area contributed by atoms with E-state index < -0.39 is 0 Å². The second-order valence-electron chi connectivity index (χ2n) is 2.07. The average Bonchev–Trinajstić information content (AvgIpc) is 1.85. The highest BCUT2D eigenvalue weighted by Crippen LogP contribution is 2.02. The second-order valence-corrected chi connectivity index (χ2v) is 2.69. The highest BCUT2D eigenvalue weighted by Gasteiger charge is 2.07. The first-order valence-corrected chi connectivity index (χ1v) is 4.33. The predicted molar refractivity (Wildman–Crippen MR) is 57.7 cm³/mol. The van der Waals surface area contributed by atoms with E-state index in [4.69, 9.17) is 11.5 Å². The average molecular weight is 279 g/mol. The lowest BCUT2D eigenvalue weighted by atomic mass is 10.2. The van der Waals surface area contributed by atoms with Crippen LogP contribution in [0.25, 0.3) is 0 Å². The Labute approximate surface area is 84.5 Å². The van der Waals surface area contributed by atoms with Gasteiger partial charge < -0.3 is 11.5 Å². The first-order valence-electron chi connectivity index (χ1n) is 3.09. The monoisotopic (exact) mass is 279 g/mol. The van der Waals surface area contributed by atoms with Gasteiger partial charge in [0, 0.05) is 0 Å². The van der Waals surface area contributed by atoms with Gasteiger partial charge in [0.25, 0.3) is 0 Å². The molecule has 0 aromatic heterocycles. The van der Waals surface area contributed by atoms with Crippen molar-refractivity contribution in [2.24, 2.45) is 16.5 Å². The fourth-order valence-corrected chi connectivity index (χ4v) is 1.29. The Morgan fingerprint density at radius 1 is 1.58 bits per heavy atom. The molecule has 0 radical (unpaired) electrons. The molecule has 5 heteroatoms. The number of nitrogens with zero attached hydrogens (tertiary/aromatic N) is 1. The normalized spacial score (nSPS) is 12.8. The van der Waals surface area contributed by atoms with Crippen molar-refractivity contribution in [2.45, 2.75) is 6.92 Å². The molecule has 0 saturated carbocycles. The van der Waals surface area contributed by atoms with Crippen molar-refractivity contribution in [1.29, 1.82) is 0 Å². The molecule has 0 aliphatic carbocycles. The number of carbonyl (C=O) groups is 1. The van der Waals surface area contributed by atoms with Gasteiger partial charge in [0.15, 0.2) is 5.78 Å². The van der Waals surface area contributed by atoms with Crippen molar-refractivity contribution < 1.29 is 4.79 Å². The van der Waals surface area contributed by atoms with E-state index in [0.717, 1.165) is 0 Å². The molecule has 0 bridgehead atoms. The number of hydrogen-bond donors (Lipinski definition) is 2. The number of halogens is 1. The number of hydrogen-bond acceptors (Lipinski definition) is 3. The third-order valence-corrected chi connectivity index (χ3v) is 1.65. The second kappa shape index (κ2) is 4.91. The SMILES string of the molecule is C=C(N)N=C(N)/C(=C\I)C(C)=O. The summed E-state index contributed by atoms with van der Waals surface area (Å²) in [5.74, 6) is 0.0424. The summed E-state index contributed by atoms with van der Waals surface area (Å²) >= 11 is 1.91. The van der Waals surface area contributed by atoms with Crippen LogP contribution in [0, 0.1) is 0 Å². The molecule has 12 heavy (non-hydrogen) atoms. The van der Waals surface area contributed by atoms with Gasteiger partial charge in [-0.05, 0) is 11.0 Å². The van der Waals surface area contributed by atoms with Crippen LogP contribution in [0.2, 0.25) is 0 Å². The Morgan fingerprint density at radius 2 is 2.08 bits per heavy atom. The van der Waals surface area contributed by atoms with Gasteiger partial charge in [0.1, 0.15) is 11.7 Å². The Kier molecular flexibility index (Phi) is 4.57. The minimum Gasteiger partial charge on any atom is -0.384 e. The zero-order chi connectivity index (χ0) is 9.72. The standard InChI is InChI=1S/C7H10IN3O/c1-4(12)6(3-8)7(10)11-5(2)9/h3H,2,9H2,1H3,(H2,10,11)/b6-3-. The van der Waals surface area contributed by atoms with Crippen LogP contribution in [0.4, 0.5) is 0 Å². The number of ketones is 1. The number of aliphatic imine (C=N–C) groups is 1. The minimum absolute atomic E-state index is 0.0875. The number of nitrogens with two attached hydrogens (primary N) is 2. The summed E-state index contributed by atoms with van der Waals surface area (Å²) in [5.41, 5.74) is 11.0. The number of Topliss-reactive ketones (excluding diaryl/α,β-unsaturated/α-hetero) is 1. The van der Waals surface area contributed by atoms with E-state index in [2.05, 4.69) is 11.6 Å². The fourth-order valence-electron chi connectivity index (χ4n) is 0.528. The van der Waals surface area contributed by atoms with Crippen LogP contribution in [0.3, 0.4) is 0 Å². The van der Waals surface area contributed by atoms with E-state index in [1.165, 1.54) is 6.92 Å². The van der Waals surface area contributed by atoms with Crippen LogP contribution in [-0.4, -0.2) is 11.6 Å². The summed E-state index contributed by atoms with van der Waals surface area (Å²) in [7, 11) is 0. The van der Waals surface area contributed by atoms with Crippen LogP contribution in [-0.2, 0) is 4.79 Å². The van der Waals surface area contributed by atoms with E-state index in [1.54, 1.807) is 4.08 Å². The van der Waals surface area contributed by atoms with Gasteiger partial charge in [-0.2, -0.15) is 0 Å². The molecule has 4 N–H and O–H groups in total. The van der Waals surface area contributed by atoms with Crippen molar-refractivity contribution in [1.82, 2.24) is 0 Å². The maximum Gasteiger partial charge on any atom is 0.163 e. The van der Waals surface area contributed by atoms with Crippen LogP contribution in [0.1, 0.15) is 6.92 Å². The lowest BCUT2D eigenvalue weighted by Gasteiger charge is -2.00. The van der Waals surface area contributed by atoms with Crippen molar-refractivity contribution in [2.75, 3.05) is 0 Å². The van der Waals surface area contributed by atoms with Crippen molar-refractivity contribution in [3.8, 4) is 0 Å². The van der Waals surface area contributed by atoms with Crippen molar-refractivity contribution in [3.05, 3.63) is 22.1 Å². The lowest BCUT2D eigenvalue weighted by molar-refractivity contribution is -0.113. The van der Waals surface area contributed by atoms with Crippen molar-refractivity contribution in [3.63, 3.8) is 0 Å². The van der Waals surface area contributed by atoms with E-state index in [1.807, 2.05) is 22.6 Å². The fraction of sp³-hybridized carbons (Fsp3) is 0.143. The van der Waals surface area contributed by atoms with Crippen LogP contribution in [0.5, 0.6) is 0 Å². The van der Waals surface area contributed by atoms with Gasteiger partial charge in [-0.1, -0.05) is 29.2 Å². The van der Waals surface area contributed by atoms with Gasteiger partial charge in [-0.25, -0.2) is 4.99 Å². The molecule has 0 aromatic carbocycles. The highest BCUT2D eigenvalue weighted by atomic mass is 127. The van der Waals surface area contributed by atoms with E-state index in [0.29, 0.717) is 5.57 Å². The molecule has 0 heterocycles. The first-order chi connectivity index (χ1) is 5.49. The molecule has 0 atom stereocenters. The number of amidine groups is 1. The predicted octanol–water partition coefficient (Wildman–Crippen LogP) is 0.681. The zero-order valence-electron chi connectivity index (χ0n) is 6.67. The molecule has 0 aliphatic heterocycles.